The lowest BCUT2D eigenvalue weighted by Gasteiger charge is -2.36. The lowest BCUT2D eigenvalue weighted by Crippen LogP contribution is -2.48. The van der Waals surface area contributed by atoms with Crippen LogP contribution in [0.15, 0.2) is 15.8 Å². The molecule has 1 aromatic heterocycles. The van der Waals surface area contributed by atoms with Crippen LogP contribution in [0.3, 0.4) is 0 Å². The zero-order chi connectivity index (χ0) is 14.0. The van der Waals surface area contributed by atoms with E-state index >= 15 is 0 Å². The molecule has 2 rings (SSSR count). The van der Waals surface area contributed by atoms with Crippen molar-refractivity contribution in [1.29, 1.82) is 5.26 Å². The van der Waals surface area contributed by atoms with Crippen LogP contribution >= 0.6 is 0 Å². The number of hydrogen-bond acceptors (Lipinski definition) is 4. The van der Waals surface area contributed by atoms with Gasteiger partial charge in [0, 0.05) is 18.3 Å². The SMILES string of the molecule is CN(C)C1(Cn2cc(C#N)c(=O)[nH]c2=O)CCCC1. The van der Waals surface area contributed by atoms with Crippen LogP contribution in [0, 0.1) is 11.3 Å². The minimum Gasteiger partial charge on any atom is -0.302 e. The Kier molecular flexibility index (Phi) is 3.58. The number of hydrogen-bond donors (Lipinski definition) is 1. The van der Waals surface area contributed by atoms with Gasteiger partial charge in [0.25, 0.3) is 5.56 Å². The van der Waals surface area contributed by atoms with Crippen LogP contribution in [0.2, 0.25) is 0 Å². The van der Waals surface area contributed by atoms with Gasteiger partial charge in [-0.25, -0.2) is 4.79 Å². The van der Waals surface area contributed by atoms with Gasteiger partial charge < -0.3 is 4.90 Å². The fraction of sp³-hybridized carbons (Fsp3) is 0.615. The Morgan fingerprint density at radius 1 is 1.42 bits per heavy atom. The molecular weight excluding hydrogens is 244 g/mol. The maximum atomic E-state index is 11.8. The molecule has 1 aromatic rings. The van der Waals surface area contributed by atoms with Gasteiger partial charge >= 0.3 is 5.69 Å². The van der Waals surface area contributed by atoms with Gasteiger partial charge in [0.15, 0.2) is 0 Å². The van der Waals surface area contributed by atoms with Gasteiger partial charge in [-0.05, 0) is 26.9 Å². The summed E-state index contributed by atoms with van der Waals surface area (Å²) < 4.78 is 1.45. The van der Waals surface area contributed by atoms with Crippen molar-refractivity contribution in [2.75, 3.05) is 14.1 Å². The highest BCUT2D eigenvalue weighted by Crippen LogP contribution is 2.34. The third-order valence-electron chi connectivity index (χ3n) is 4.08. The van der Waals surface area contributed by atoms with Crippen molar-refractivity contribution in [2.45, 2.75) is 37.8 Å². The molecule has 1 aliphatic rings. The minimum absolute atomic E-state index is 0.0218. The van der Waals surface area contributed by atoms with Crippen LogP contribution in [0.5, 0.6) is 0 Å². The fourth-order valence-electron chi connectivity index (χ4n) is 2.80. The third kappa shape index (κ3) is 2.47. The molecule has 19 heavy (non-hydrogen) atoms. The van der Waals surface area contributed by atoms with E-state index in [0.29, 0.717) is 6.54 Å². The van der Waals surface area contributed by atoms with Crippen LogP contribution in [0.25, 0.3) is 0 Å². The molecule has 0 aromatic carbocycles. The van der Waals surface area contributed by atoms with Crippen LogP contribution < -0.4 is 11.2 Å². The average Bonchev–Trinajstić information content (AvgIpc) is 2.82. The predicted octanol–water partition coefficient (Wildman–Crippen LogP) is 0.283. The molecule has 6 nitrogen and oxygen atoms in total. The minimum atomic E-state index is -0.617. The van der Waals surface area contributed by atoms with E-state index in [1.165, 1.54) is 10.8 Å². The zero-order valence-corrected chi connectivity index (χ0v) is 11.3. The van der Waals surface area contributed by atoms with Gasteiger partial charge in [0.2, 0.25) is 0 Å². The van der Waals surface area contributed by atoms with Gasteiger partial charge in [-0.2, -0.15) is 5.26 Å². The summed E-state index contributed by atoms with van der Waals surface area (Å²) in [5.74, 6) is 0. The van der Waals surface area contributed by atoms with E-state index in [9.17, 15) is 9.59 Å². The summed E-state index contributed by atoms with van der Waals surface area (Å²) in [6, 6.07) is 1.81. The summed E-state index contributed by atoms with van der Waals surface area (Å²) in [6.45, 7) is 0.504. The van der Waals surface area contributed by atoms with Crippen molar-refractivity contribution in [3.63, 3.8) is 0 Å². The lowest BCUT2D eigenvalue weighted by molar-refractivity contribution is 0.131. The molecule has 0 unspecified atom stereocenters. The van der Waals surface area contributed by atoms with Crippen molar-refractivity contribution in [2.24, 2.45) is 0 Å². The van der Waals surface area contributed by atoms with E-state index in [1.54, 1.807) is 0 Å². The molecule has 6 heteroatoms. The Labute approximate surface area is 111 Å². The Balaban J connectivity index is 2.41. The van der Waals surface area contributed by atoms with E-state index in [4.69, 9.17) is 5.26 Å². The van der Waals surface area contributed by atoms with Gasteiger partial charge in [-0.3, -0.25) is 14.3 Å². The second-order valence-corrected chi connectivity index (χ2v) is 5.37. The monoisotopic (exact) mass is 262 g/mol. The first-order valence-corrected chi connectivity index (χ1v) is 6.40. The van der Waals surface area contributed by atoms with Gasteiger partial charge in [-0.15, -0.1) is 0 Å². The Bertz CT molecular complexity index is 615. The number of aromatic amines is 1. The highest BCUT2D eigenvalue weighted by atomic mass is 16.2. The summed E-state index contributed by atoms with van der Waals surface area (Å²) in [5, 5.41) is 8.87. The molecule has 1 N–H and O–H groups in total. The molecule has 1 heterocycles. The molecule has 0 atom stereocenters. The normalized spacial score (nSPS) is 17.6. The fourth-order valence-corrected chi connectivity index (χ4v) is 2.80. The zero-order valence-electron chi connectivity index (χ0n) is 11.3. The first kappa shape index (κ1) is 13.6. The molecule has 1 fully saturated rings. The van der Waals surface area contributed by atoms with Crippen molar-refractivity contribution in [3.8, 4) is 6.07 Å². The molecule has 0 spiro atoms. The smallest absolute Gasteiger partial charge is 0.302 e. The van der Waals surface area contributed by atoms with E-state index in [1.807, 2.05) is 20.2 Å². The van der Waals surface area contributed by atoms with E-state index in [0.717, 1.165) is 25.7 Å². The van der Waals surface area contributed by atoms with Crippen LogP contribution in [0.1, 0.15) is 31.2 Å². The number of nitrogens with zero attached hydrogens (tertiary/aromatic N) is 3. The first-order valence-electron chi connectivity index (χ1n) is 6.40. The Hall–Kier alpha value is -1.87. The second-order valence-electron chi connectivity index (χ2n) is 5.37. The molecule has 0 aliphatic heterocycles. The third-order valence-corrected chi connectivity index (χ3v) is 4.08. The van der Waals surface area contributed by atoms with E-state index in [-0.39, 0.29) is 11.1 Å². The van der Waals surface area contributed by atoms with Gasteiger partial charge in [0.1, 0.15) is 11.6 Å². The summed E-state index contributed by atoms with van der Waals surface area (Å²) in [7, 11) is 4.01. The number of likely N-dealkylation sites (N-methyl/N-ethyl adjacent to an activating group) is 1. The number of nitriles is 1. The van der Waals surface area contributed by atoms with Crippen molar-refractivity contribution >= 4 is 0 Å². The number of aromatic nitrogens is 2. The first-order chi connectivity index (χ1) is 8.98. The topological polar surface area (TPSA) is 81.9 Å². The quantitative estimate of drug-likeness (QED) is 0.848. The molecule has 0 radical (unpaired) electrons. The van der Waals surface area contributed by atoms with E-state index in [2.05, 4.69) is 9.88 Å². The predicted molar refractivity (Wildman–Crippen MR) is 70.9 cm³/mol. The standard InChI is InChI=1S/C13H18N4O2/c1-16(2)13(5-3-4-6-13)9-17-8-10(7-14)11(18)15-12(17)19/h8H,3-6,9H2,1-2H3,(H,15,18,19). The molecule has 102 valence electrons. The largest absolute Gasteiger partial charge is 0.328 e. The Morgan fingerprint density at radius 3 is 2.58 bits per heavy atom. The molecule has 1 saturated carbocycles. The summed E-state index contributed by atoms with van der Waals surface area (Å²) in [4.78, 5) is 27.6. The maximum Gasteiger partial charge on any atom is 0.328 e. The van der Waals surface area contributed by atoms with Crippen molar-refractivity contribution in [3.05, 3.63) is 32.6 Å². The molecule has 1 aliphatic carbocycles. The van der Waals surface area contributed by atoms with Crippen molar-refractivity contribution < 1.29 is 0 Å². The summed E-state index contributed by atoms with van der Waals surface area (Å²) in [5.41, 5.74) is -1.15. The number of H-pyrrole nitrogens is 1. The Morgan fingerprint density at radius 2 is 2.05 bits per heavy atom. The number of nitrogens with one attached hydrogen (secondary N) is 1. The summed E-state index contributed by atoms with van der Waals surface area (Å²) in [6.07, 6.45) is 5.69. The average molecular weight is 262 g/mol. The van der Waals surface area contributed by atoms with Gasteiger partial charge in [-0.1, -0.05) is 12.8 Å². The van der Waals surface area contributed by atoms with Gasteiger partial charge in [0.05, 0.1) is 0 Å². The lowest BCUT2D eigenvalue weighted by atomic mass is 9.96. The van der Waals surface area contributed by atoms with Crippen LogP contribution in [-0.4, -0.2) is 34.1 Å². The molecule has 0 saturated heterocycles. The van der Waals surface area contributed by atoms with Crippen molar-refractivity contribution in [1.82, 2.24) is 14.5 Å². The molecule has 0 amide bonds. The summed E-state index contributed by atoms with van der Waals surface area (Å²) >= 11 is 0. The number of rotatable bonds is 3. The maximum absolute atomic E-state index is 11.8. The second kappa shape index (κ2) is 5.02. The van der Waals surface area contributed by atoms with Crippen LogP contribution in [0.4, 0.5) is 0 Å². The molecule has 0 bridgehead atoms. The van der Waals surface area contributed by atoms with Crippen LogP contribution in [-0.2, 0) is 6.54 Å². The highest BCUT2D eigenvalue weighted by molar-refractivity contribution is 5.21. The molecular formula is C13H18N4O2. The highest BCUT2D eigenvalue weighted by Gasteiger charge is 2.36. The van der Waals surface area contributed by atoms with E-state index < -0.39 is 11.2 Å².